The van der Waals surface area contributed by atoms with Crippen LogP contribution in [0.15, 0.2) is 41.7 Å². The summed E-state index contributed by atoms with van der Waals surface area (Å²) < 4.78 is 5.10. The molecule has 0 unspecified atom stereocenters. The number of nitrogens with zero attached hydrogens (tertiary/aromatic N) is 2. The van der Waals surface area contributed by atoms with Crippen LogP contribution in [-0.2, 0) is 0 Å². The predicted molar refractivity (Wildman–Crippen MR) is 74.8 cm³/mol. The van der Waals surface area contributed by atoms with Gasteiger partial charge in [-0.1, -0.05) is 23.9 Å². The molecule has 2 aromatic rings. The summed E-state index contributed by atoms with van der Waals surface area (Å²) in [5.74, 6) is 1.04. The van der Waals surface area contributed by atoms with E-state index in [-0.39, 0.29) is 5.78 Å². The molecular weight excluding hydrogens is 260 g/mol. The number of ketones is 1. The summed E-state index contributed by atoms with van der Waals surface area (Å²) in [4.78, 5) is 20.4. The molecule has 0 bridgehead atoms. The molecule has 0 aliphatic rings. The van der Waals surface area contributed by atoms with E-state index in [0.717, 1.165) is 5.69 Å². The molecule has 98 valence electrons. The second-order valence-corrected chi connectivity index (χ2v) is 4.87. The number of carbonyl (C=O) groups is 1. The number of benzene rings is 1. The first-order chi connectivity index (χ1) is 9.19. The molecule has 0 spiro atoms. The molecule has 0 aliphatic heterocycles. The van der Waals surface area contributed by atoms with E-state index < -0.39 is 0 Å². The minimum atomic E-state index is 0.0361. The van der Waals surface area contributed by atoms with Crippen LogP contribution in [0.3, 0.4) is 0 Å². The van der Waals surface area contributed by atoms with Gasteiger partial charge in [-0.25, -0.2) is 9.97 Å². The van der Waals surface area contributed by atoms with Crippen LogP contribution in [0.1, 0.15) is 16.1 Å². The summed E-state index contributed by atoms with van der Waals surface area (Å²) in [6, 6.07) is 8.96. The topological polar surface area (TPSA) is 52.1 Å². The Morgan fingerprint density at radius 2 is 2.21 bits per heavy atom. The highest BCUT2D eigenvalue weighted by Crippen LogP contribution is 2.17. The van der Waals surface area contributed by atoms with Crippen molar-refractivity contribution in [3.05, 3.63) is 47.8 Å². The Morgan fingerprint density at radius 3 is 2.95 bits per heavy atom. The molecule has 1 aromatic heterocycles. The maximum atomic E-state index is 12.0. The summed E-state index contributed by atoms with van der Waals surface area (Å²) >= 11 is 1.34. The van der Waals surface area contributed by atoms with Crippen molar-refractivity contribution in [2.75, 3.05) is 12.9 Å². The van der Waals surface area contributed by atoms with E-state index in [2.05, 4.69) is 9.97 Å². The van der Waals surface area contributed by atoms with Crippen molar-refractivity contribution in [2.24, 2.45) is 0 Å². The Hall–Kier alpha value is -1.88. The highest BCUT2D eigenvalue weighted by Gasteiger charge is 2.08. The fourth-order valence-corrected chi connectivity index (χ4v) is 2.28. The monoisotopic (exact) mass is 274 g/mol. The highest BCUT2D eigenvalue weighted by atomic mass is 32.2. The van der Waals surface area contributed by atoms with Crippen LogP contribution in [0.4, 0.5) is 0 Å². The molecule has 19 heavy (non-hydrogen) atoms. The number of aromatic nitrogens is 2. The van der Waals surface area contributed by atoms with Gasteiger partial charge >= 0.3 is 0 Å². The molecule has 0 fully saturated rings. The van der Waals surface area contributed by atoms with Crippen molar-refractivity contribution in [3.63, 3.8) is 0 Å². The SMILES string of the molecule is COc1cccc(C(=O)CSc2nccc(C)n2)c1. The number of methoxy groups -OCH3 is 1. The Bertz CT molecular complexity index is 587. The van der Waals surface area contributed by atoms with E-state index in [4.69, 9.17) is 4.74 Å². The lowest BCUT2D eigenvalue weighted by molar-refractivity contribution is 0.102. The van der Waals surface area contributed by atoms with Crippen molar-refractivity contribution < 1.29 is 9.53 Å². The van der Waals surface area contributed by atoms with Gasteiger partial charge in [0.15, 0.2) is 10.9 Å². The zero-order valence-electron chi connectivity index (χ0n) is 10.8. The van der Waals surface area contributed by atoms with Gasteiger partial charge in [0.1, 0.15) is 5.75 Å². The van der Waals surface area contributed by atoms with Crippen molar-refractivity contribution in [1.29, 1.82) is 0 Å². The first-order valence-corrected chi connectivity index (χ1v) is 6.77. The van der Waals surface area contributed by atoms with E-state index >= 15 is 0 Å². The molecule has 0 radical (unpaired) electrons. The molecule has 0 aliphatic carbocycles. The van der Waals surface area contributed by atoms with Crippen molar-refractivity contribution in [1.82, 2.24) is 9.97 Å². The smallest absolute Gasteiger partial charge is 0.188 e. The van der Waals surface area contributed by atoms with Gasteiger partial charge in [0.25, 0.3) is 0 Å². The van der Waals surface area contributed by atoms with Gasteiger partial charge in [-0.15, -0.1) is 0 Å². The average molecular weight is 274 g/mol. The number of ether oxygens (including phenoxy) is 1. The van der Waals surface area contributed by atoms with Crippen LogP contribution < -0.4 is 4.74 Å². The van der Waals surface area contributed by atoms with E-state index in [9.17, 15) is 4.79 Å². The molecule has 5 heteroatoms. The number of aryl methyl sites for hydroxylation is 1. The minimum absolute atomic E-state index is 0.0361. The van der Waals surface area contributed by atoms with Gasteiger partial charge in [-0.2, -0.15) is 0 Å². The van der Waals surface area contributed by atoms with Crippen LogP contribution in [0.5, 0.6) is 5.75 Å². The second-order valence-electron chi connectivity index (χ2n) is 3.92. The molecule has 0 N–H and O–H groups in total. The van der Waals surface area contributed by atoms with E-state index in [1.165, 1.54) is 11.8 Å². The molecular formula is C14H14N2O2S. The molecule has 4 nitrogen and oxygen atoms in total. The Balaban J connectivity index is 2.01. The van der Waals surface area contributed by atoms with Gasteiger partial charge in [-0.3, -0.25) is 4.79 Å². The van der Waals surface area contributed by atoms with Gasteiger partial charge in [-0.05, 0) is 25.1 Å². The summed E-state index contributed by atoms with van der Waals surface area (Å²) in [6.45, 7) is 1.90. The first kappa shape index (κ1) is 13.5. The third kappa shape index (κ3) is 3.79. The molecule has 0 saturated carbocycles. The molecule has 0 saturated heterocycles. The van der Waals surface area contributed by atoms with E-state index in [1.54, 1.807) is 31.5 Å². The minimum Gasteiger partial charge on any atom is -0.497 e. The Morgan fingerprint density at radius 1 is 1.37 bits per heavy atom. The van der Waals surface area contributed by atoms with Crippen LogP contribution >= 0.6 is 11.8 Å². The number of rotatable bonds is 5. The largest absolute Gasteiger partial charge is 0.497 e. The number of carbonyl (C=O) groups excluding carboxylic acids is 1. The highest BCUT2D eigenvalue weighted by molar-refractivity contribution is 7.99. The zero-order valence-corrected chi connectivity index (χ0v) is 11.6. The summed E-state index contributed by atoms with van der Waals surface area (Å²) in [5.41, 5.74) is 1.53. The van der Waals surface area contributed by atoms with Gasteiger partial charge in [0.05, 0.1) is 12.9 Å². The summed E-state index contributed by atoms with van der Waals surface area (Å²) in [7, 11) is 1.58. The molecule has 1 aromatic carbocycles. The normalized spacial score (nSPS) is 10.2. The van der Waals surface area contributed by atoms with Crippen molar-refractivity contribution in [3.8, 4) is 5.75 Å². The lowest BCUT2D eigenvalue weighted by Crippen LogP contribution is -2.03. The Kier molecular flexibility index (Phi) is 4.52. The maximum absolute atomic E-state index is 12.0. The lowest BCUT2D eigenvalue weighted by atomic mass is 10.1. The fraction of sp³-hybridized carbons (Fsp3) is 0.214. The molecule has 0 atom stereocenters. The predicted octanol–water partition coefficient (Wildman–Crippen LogP) is 2.77. The quantitative estimate of drug-likeness (QED) is 0.477. The Labute approximate surface area is 116 Å². The van der Waals surface area contributed by atoms with Gasteiger partial charge in [0, 0.05) is 17.5 Å². The second kappa shape index (κ2) is 6.33. The third-order valence-corrected chi connectivity index (χ3v) is 3.36. The fourth-order valence-electron chi connectivity index (χ4n) is 1.51. The number of Topliss-reactive ketones (excluding diaryl/α,β-unsaturated/α-hetero) is 1. The van der Waals surface area contributed by atoms with Crippen LogP contribution in [0, 0.1) is 6.92 Å². The van der Waals surface area contributed by atoms with Crippen molar-refractivity contribution in [2.45, 2.75) is 12.1 Å². The third-order valence-electron chi connectivity index (χ3n) is 2.50. The van der Waals surface area contributed by atoms with E-state index in [0.29, 0.717) is 22.2 Å². The van der Waals surface area contributed by atoms with Gasteiger partial charge in [0.2, 0.25) is 0 Å². The number of hydrogen-bond acceptors (Lipinski definition) is 5. The van der Waals surface area contributed by atoms with Crippen molar-refractivity contribution >= 4 is 17.5 Å². The number of hydrogen-bond donors (Lipinski definition) is 0. The number of thioether (sulfide) groups is 1. The van der Waals surface area contributed by atoms with Crippen LogP contribution in [-0.4, -0.2) is 28.6 Å². The molecule has 2 rings (SSSR count). The zero-order chi connectivity index (χ0) is 13.7. The van der Waals surface area contributed by atoms with Crippen LogP contribution in [0.2, 0.25) is 0 Å². The molecule has 1 heterocycles. The summed E-state index contributed by atoms with van der Waals surface area (Å²) in [6.07, 6.45) is 1.70. The van der Waals surface area contributed by atoms with Crippen LogP contribution in [0.25, 0.3) is 0 Å². The van der Waals surface area contributed by atoms with E-state index in [1.807, 2.05) is 19.1 Å². The standard InChI is InChI=1S/C14H14N2O2S/c1-10-6-7-15-14(16-10)19-9-13(17)11-4-3-5-12(8-11)18-2/h3-8H,9H2,1-2H3. The first-order valence-electron chi connectivity index (χ1n) is 5.79. The van der Waals surface area contributed by atoms with Gasteiger partial charge < -0.3 is 4.74 Å². The maximum Gasteiger partial charge on any atom is 0.188 e. The lowest BCUT2D eigenvalue weighted by Gasteiger charge is -2.03. The summed E-state index contributed by atoms with van der Waals surface area (Å²) in [5, 5.41) is 0.622. The molecule has 0 amide bonds. The average Bonchev–Trinajstić information content (AvgIpc) is 2.45.